The van der Waals surface area contributed by atoms with E-state index in [1.54, 1.807) is 6.07 Å². The molecule has 0 radical (unpaired) electrons. The number of carbonyl (C=O) groups excluding carboxylic acids is 1. The van der Waals surface area contributed by atoms with Crippen molar-refractivity contribution in [2.24, 2.45) is 0 Å². The summed E-state index contributed by atoms with van der Waals surface area (Å²) in [5.41, 5.74) is 2.38. The molecule has 2 heterocycles. The van der Waals surface area contributed by atoms with Gasteiger partial charge in [-0.1, -0.05) is 23.7 Å². The second-order valence-electron chi connectivity index (χ2n) is 4.60. The van der Waals surface area contributed by atoms with Crippen molar-refractivity contribution in [3.63, 3.8) is 0 Å². The normalized spacial score (nSPS) is 10.6. The average molecular weight is 317 g/mol. The Morgan fingerprint density at radius 3 is 2.77 bits per heavy atom. The second-order valence-corrected chi connectivity index (χ2v) is 5.04. The van der Waals surface area contributed by atoms with Crippen molar-refractivity contribution >= 4 is 23.2 Å². The molecule has 0 saturated heterocycles. The van der Waals surface area contributed by atoms with Crippen LogP contribution in [0.15, 0.2) is 48.8 Å². The highest BCUT2D eigenvalue weighted by atomic mass is 35.5. The SMILES string of the molecule is COC(=O)COc1cccn2cc(-c3ccc(Cl)cc3)nc12. The standard InChI is InChI=1S/C16H13ClN2O3/c1-21-15(20)10-22-14-3-2-8-19-9-13(18-16(14)19)11-4-6-12(17)7-5-11/h2-9H,10H2,1H3. The summed E-state index contributed by atoms with van der Waals surface area (Å²) in [6, 6.07) is 11.0. The number of hydrogen-bond donors (Lipinski definition) is 0. The largest absolute Gasteiger partial charge is 0.478 e. The smallest absolute Gasteiger partial charge is 0.343 e. The molecule has 112 valence electrons. The van der Waals surface area contributed by atoms with Crippen molar-refractivity contribution in [3.05, 3.63) is 53.8 Å². The Morgan fingerprint density at radius 2 is 2.05 bits per heavy atom. The van der Waals surface area contributed by atoms with Crippen LogP contribution in [0, 0.1) is 0 Å². The zero-order valence-corrected chi connectivity index (χ0v) is 12.6. The third kappa shape index (κ3) is 2.89. The number of carbonyl (C=O) groups is 1. The molecule has 0 spiro atoms. The van der Waals surface area contributed by atoms with E-state index in [0.717, 1.165) is 11.3 Å². The predicted octanol–water partition coefficient (Wildman–Crippen LogP) is 3.21. The van der Waals surface area contributed by atoms with Gasteiger partial charge in [0, 0.05) is 23.0 Å². The zero-order chi connectivity index (χ0) is 15.5. The maximum Gasteiger partial charge on any atom is 0.343 e. The van der Waals surface area contributed by atoms with Crippen molar-refractivity contribution in [3.8, 4) is 17.0 Å². The van der Waals surface area contributed by atoms with E-state index in [1.165, 1.54) is 7.11 Å². The third-order valence-corrected chi connectivity index (χ3v) is 3.41. The Kier molecular flexibility index (Phi) is 3.98. The van der Waals surface area contributed by atoms with Crippen LogP contribution in [-0.2, 0) is 9.53 Å². The van der Waals surface area contributed by atoms with Crippen LogP contribution in [0.1, 0.15) is 0 Å². The number of rotatable bonds is 4. The van der Waals surface area contributed by atoms with Gasteiger partial charge in [0.05, 0.1) is 12.8 Å². The lowest BCUT2D eigenvalue weighted by atomic mass is 10.2. The third-order valence-electron chi connectivity index (χ3n) is 3.16. The van der Waals surface area contributed by atoms with E-state index < -0.39 is 5.97 Å². The molecular weight excluding hydrogens is 304 g/mol. The maximum atomic E-state index is 11.2. The first kappa shape index (κ1) is 14.4. The molecule has 3 rings (SSSR count). The van der Waals surface area contributed by atoms with Gasteiger partial charge >= 0.3 is 5.97 Å². The van der Waals surface area contributed by atoms with E-state index in [4.69, 9.17) is 16.3 Å². The molecule has 1 aromatic carbocycles. The van der Waals surface area contributed by atoms with Gasteiger partial charge in [-0.2, -0.15) is 0 Å². The summed E-state index contributed by atoms with van der Waals surface area (Å²) in [5, 5.41) is 0.676. The number of nitrogens with zero attached hydrogens (tertiary/aromatic N) is 2. The minimum Gasteiger partial charge on any atom is -0.478 e. The summed E-state index contributed by atoms with van der Waals surface area (Å²) in [6.07, 6.45) is 3.76. The van der Waals surface area contributed by atoms with Crippen LogP contribution in [0.25, 0.3) is 16.9 Å². The van der Waals surface area contributed by atoms with Crippen molar-refractivity contribution in [2.75, 3.05) is 13.7 Å². The van der Waals surface area contributed by atoms with Crippen LogP contribution in [0.2, 0.25) is 5.02 Å². The van der Waals surface area contributed by atoms with Crippen molar-refractivity contribution in [1.29, 1.82) is 0 Å². The number of methoxy groups -OCH3 is 1. The molecule has 0 aliphatic rings. The number of ether oxygens (including phenoxy) is 2. The summed E-state index contributed by atoms with van der Waals surface area (Å²) in [4.78, 5) is 15.8. The van der Waals surface area contributed by atoms with Gasteiger partial charge in [0.1, 0.15) is 0 Å². The van der Waals surface area contributed by atoms with E-state index in [9.17, 15) is 4.79 Å². The van der Waals surface area contributed by atoms with E-state index >= 15 is 0 Å². The first-order valence-corrected chi connectivity index (χ1v) is 6.98. The molecule has 6 heteroatoms. The molecule has 0 atom stereocenters. The molecule has 3 aromatic rings. The van der Waals surface area contributed by atoms with Crippen LogP contribution >= 0.6 is 11.6 Å². The quantitative estimate of drug-likeness (QED) is 0.694. The van der Waals surface area contributed by atoms with Gasteiger partial charge in [-0.05, 0) is 24.3 Å². The van der Waals surface area contributed by atoms with Gasteiger partial charge < -0.3 is 13.9 Å². The van der Waals surface area contributed by atoms with Crippen LogP contribution in [0.5, 0.6) is 5.75 Å². The van der Waals surface area contributed by atoms with E-state index in [-0.39, 0.29) is 6.61 Å². The zero-order valence-electron chi connectivity index (χ0n) is 11.8. The molecule has 0 amide bonds. The number of esters is 1. The Bertz CT molecular complexity index is 812. The Balaban J connectivity index is 1.95. The number of pyridine rings is 1. The monoisotopic (exact) mass is 316 g/mol. The molecule has 2 aromatic heterocycles. The number of imidazole rings is 1. The molecule has 0 bridgehead atoms. The highest BCUT2D eigenvalue weighted by molar-refractivity contribution is 6.30. The van der Waals surface area contributed by atoms with Crippen LogP contribution in [0.3, 0.4) is 0 Å². The highest BCUT2D eigenvalue weighted by Crippen LogP contribution is 2.25. The Labute approximate surface area is 132 Å². The van der Waals surface area contributed by atoms with Gasteiger partial charge in [0.15, 0.2) is 18.0 Å². The predicted molar refractivity (Wildman–Crippen MR) is 83.1 cm³/mol. The Morgan fingerprint density at radius 1 is 1.27 bits per heavy atom. The van der Waals surface area contributed by atoms with Gasteiger partial charge in [-0.15, -0.1) is 0 Å². The topological polar surface area (TPSA) is 52.8 Å². The molecule has 0 fully saturated rings. The number of aromatic nitrogens is 2. The van der Waals surface area contributed by atoms with Crippen molar-refractivity contribution < 1.29 is 14.3 Å². The molecule has 5 nitrogen and oxygen atoms in total. The summed E-state index contributed by atoms with van der Waals surface area (Å²) in [6.45, 7) is -0.153. The molecule has 0 N–H and O–H groups in total. The average Bonchev–Trinajstić information content (AvgIpc) is 2.97. The van der Waals surface area contributed by atoms with Gasteiger partial charge in [-0.25, -0.2) is 9.78 Å². The molecule has 0 aliphatic heterocycles. The number of halogens is 1. The summed E-state index contributed by atoms with van der Waals surface area (Å²) < 4.78 is 11.9. The summed E-state index contributed by atoms with van der Waals surface area (Å²) >= 11 is 5.90. The van der Waals surface area contributed by atoms with E-state index in [1.807, 2.05) is 47.1 Å². The van der Waals surface area contributed by atoms with Crippen molar-refractivity contribution in [1.82, 2.24) is 9.38 Å². The lowest BCUT2D eigenvalue weighted by molar-refractivity contribution is -0.142. The fraction of sp³-hybridized carbons (Fsp3) is 0.125. The van der Waals surface area contributed by atoms with Gasteiger partial charge in [-0.3, -0.25) is 0 Å². The van der Waals surface area contributed by atoms with Gasteiger partial charge in [0.2, 0.25) is 0 Å². The van der Waals surface area contributed by atoms with Gasteiger partial charge in [0.25, 0.3) is 0 Å². The molecular formula is C16H13ClN2O3. The lowest BCUT2D eigenvalue weighted by Gasteiger charge is -2.05. The molecule has 0 unspecified atom stereocenters. The number of hydrogen-bond acceptors (Lipinski definition) is 4. The number of fused-ring (bicyclic) bond motifs is 1. The summed E-state index contributed by atoms with van der Waals surface area (Å²) in [5.74, 6) is 0.0830. The lowest BCUT2D eigenvalue weighted by Crippen LogP contribution is -2.12. The highest BCUT2D eigenvalue weighted by Gasteiger charge is 2.10. The first-order valence-electron chi connectivity index (χ1n) is 6.60. The minimum atomic E-state index is -0.438. The number of benzene rings is 1. The van der Waals surface area contributed by atoms with Crippen LogP contribution < -0.4 is 4.74 Å². The fourth-order valence-electron chi connectivity index (χ4n) is 2.06. The van der Waals surface area contributed by atoms with Crippen LogP contribution in [0.4, 0.5) is 0 Å². The molecule has 0 saturated carbocycles. The molecule has 0 aliphatic carbocycles. The maximum absolute atomic E-state index is 11.2. The fourth-order valence-corrected chi connectivity index (χ4v) is 2.18. The minimum absolute atomic E-state index is 0.153. The van der Waals surface area contributed by atoms with E-state index in [0.29, 0.717) is 16.4 Å². The second kappa shape index (κ2) is 6.07. The summed E-state index contributed by atoms with van der Waals surface area (Å²) in [7, 11) is 1.32. The first-order chi connectivity index (χ1) is 10.7. The van der Waals surface area contributed by atoms with Crippen molar-refractivity contribution in [2.45, 2.75) is 0 Å². The van der Waals surface area contributed by atoms with Crippen LogP contribution in [-0.4, -0.2) is 29.1 Å². The van der Waals surface area contributed by atoms with E-state index in [2.05, 4.69) is 9.72 Å². The molecule has 22 heavy (non-hydrogen) atoms. The Hall–Kier alpha value is -2.53.